The van der Waals surface area contributed by atoms with Gasteiger partial charge in [0.1, 0.15) is 0 Å². The minimum atomic E-state index is -3.49. The average molecular weight is 284 g/mol. The van der Waals surface area contributed by atoms with Crippen molar-refractivity contribution in [2.45, 2.75) is 30.8 Å². The van der Waals surface area contributed by atoms with Crippen molar-refractivity contribution in [1.82, 2.24) is 4.31 Å². The molecule has 1 aliphatic rings. The van der Waals surface area contributed by atoms with Crippen LogP contribution in [0.4, 0.5) is 0 Å². The van der Waals surface area contributed by atoms with Crippen LogP contribution in [0.2, 0.25) is 0 Å². The zero-order chi connectivity index (χ0) is 13.9. The lowest BCUT2D eigenvalue weighted by Crippen LogP contribution is -2.48. The summed E-state index contributed by atoms with van der Waals surface area (Å²) in [7, 11) is -3.49. The predicted molar refractivity (Wildman–Crippen MR) is 73.1 cm³/mol. The maximum atomic E-state index is 12.8. The fourth-order valence-electron chi connectivity index (χ4n) is 2.33. The van der Waals surface area contributed by atoms with Gasteiger partial charge in [-0.05, 0) is 18.1 Å². The molecule has 0 spiro atoms. The smallest absolute Gasteiger partial charge is 0.243 e. The molecular formula is C13H20N2O3S. The van der Waals surface area contributed by atoms with Gasteiger partial charge in [0.05, 0.1) is 18.1 Å². The van der Waals surface area contributed by atoms with Crippen LogP contribution in [0.15, 0.2) is 29.2 Å². The van der Waals surface area contributed by atoms with Gasteiger partial charge in [0, 0.05) is 19.1 Å². The second-order valence-electron chi connectivity index (χ2n) is 4.56. The summed E-state index contributed by atoms with van der Waals surface area (Å²) in [5, 5.41) is 0. The molecule has 1 fully saturated rings. The van der Waals surface area contributed by atoms with Gasteiger partial charge in [-0.1, -0.05) is 25.1 Å². The maximum Gasteiger partial charge on any atom is 0.243 e. The Morgan fingerprint density at radius 3 is 2.84 bits per heavy atom. The molecular weight excluding hydrogens is 264 g/mol. The van der Waals surface area contributed by atoms with Gasteiger partial charge in [-0.25, -0.2) is 8.42 Å². The number of hydrogen-bond acceptors (Lipinski definition) is 4. The van der Waals surface area contributed by atoms with Crippen LogP contribution in [0.3, 0.4) is 0 Å². The fourth-order valence-corrected chi connectivity index (χ4v) is 4.23. The van der Waals surface area contributed by atoms with Crippen LogP contribution < -0.4 is 5.73 Å². The molecule has 2 rings (SSSR count). The van der Waals surface area contributed by atoms with Gasteiger partial charge >= 0.3 is 0 Å². The van der Waals surface area contributed by atoms with E-state index >= 15 is 0 Å². The Morgan fingerprint density at radius 2 is 2.16 bits per heavy atom. The molecule has 0 bridgehead atoms. The second kappa shape index (κ2) is 6.00. The highest BCUT2D eigenvalue weighted by atomic mass is 32.2. The van der Waals surface area contributed by atoms with Crippen LogP contribution in [0, 0.1) is 0 Å². The highest BCUT2D eigenvalue weighted by Crippen LogP contribution is 2.24. The number of nitrogens with two attached hydrogens (primary N) is 1. The quantitative estimate of drug-likeness (QED) is 0.893. The highest BCUT2D eigenvalue weighted by Gasteiger charge is 2.33. The Hall–Kier alpha value is -0.950. The SMILES string of the molecule is CCC1COCCN1S(=O)(=O)c1ccccc1CN. The van der Waals surface area contributed by atoms with E-state index in [0.717, 1.165) is 6.42 Å². The summed E-state index contributed by atoms with van der Waals surface area (Å²) in [6.07, 6.45) is 0.740. The van der Waals surface area contributed by atoms with Crippen molar-refractivity contribution in [2.75, 3.05) is 19.8 Å². The van der Waals surface area contributed by atoms with E-state index in [4.69, 9.17) is 10.5 Å². The first kappa shape index (κ1) is 14.5. The molecule has 1 unspecified atom stereocenters. The number of rotatable bonds is 4. The van der Waals surface area contributed by atoms with Crippen molar-refractivity contribution in [3.05, 3.63) is 29.8 Å². The van der Waals surface area contributed by atoms with Crippen LogP contribution in [0.5, 0.6) is 0 Å². The predicted octanol–water partition coefficient (Wildman–Crippen LogP) is 0.945. The Kier molecular flexibility index (Phi) is 4.57. The first-order chi connectivity index (χ1) is 9.11. The monoisotopic (exact) mass is 284 g/mol. The molecule has 1 aromatic carbocycles. The standard InChI is InChI=1S/C13H20N2O3S/c1-2-12-10-18-8-7-15(12)19(16,17)13-6-4-3-5-11(13)9-14/h3-6,12H,2,7-10,14H2,1H3. The second-order valence-corrected chi connectivity index (χ2v) is 6.42. The van der Waals surface area contributed by atoms with Crippen molar-refractivity contribution in [3.8, 4) is 0 Å². The fraction of sp³-hybridized carbons (Fsp3) is 0.538. The number of benzene rings is 1. The molecule has 0 aliphatic carbocycles. The molecule has 0 aromatic heterocycles. The summed E-state index contributed by atoms with van der Waals surface area (Å²) in [5.74, 6) is 0. The molecule has 19 heavy (non-hydrogen) atoms. The third-order valence-electron chi connectivity index (χ3n) is 3.42. The first-order valence-electron chi connectivity index (χ1n) is 6.48. The normalized spacial score (nSPS) is 21.5. The van der Waals surface area contributed by atoms with Crippen molar-refractivity contribution in [3.63, 3.8) is 0 Å². The molecule has 1 aromatic rings. The summed E-state index contributed by atoms with van der Waals surface area (Å²) in [6, 6.07) is 6.82. The summed E-state index contributed by atoms with van der Waals surface area (Å²) in [4.78, 5) is 0.317. The van der Waals surface area contributed by atoms with E-state index in [1.54, 1.807) is 28.6 Å². The molecule has 1 aliphatic heterocycles. The minimum Gasteiger partial charge on any atom is -0.378 e. The topological polar surface area (TPSA) is 72.6 Å². The summed E-state index contributed by atoms with van der Waals surface area (Å²) in [6.45, 7) is 3.49. The number of sulfonamides is 1. The summed E-state index contributed by atoms with van der Waals surface area (Å²) in [5.41, 5.74) is 6.29. The van der Waals surface area contributed by atoms with Crippen LogP contribution >= 0.6 is 0 Å². The largest absolute Gasteiger partial charge is 0.378 e. The molecule has 106 valence electrons. The lowest BCUT2D eigenvalue weighted by Gasteiger charge is -2.34. The molecule has 5 nitrogen and oxygen atoms in total. The van der Waals surface area contributed by atoms with Gasteiger partial charge in [-0.15, -0.1) is 0 Å². The molecule has 1 heterocycles. The average Bonchev–Trinajstić information content (AvgIpc) is 2.47. The number of nitrogens with zero attached hydrogens (tertiary/aromatic N) is 1. The number of hydrogen-bond donors (Lipinski definition) is 1. The van der Waals surface area contributed by atoms with Crippen molar-refractivity contribution >= 4 is 10.0 Å². The molecule has 0 radical (unpaired) electrons. The lowest BCUT2D eigenvalue weighted by atomic mass is 10.2. The maximum absolute atomic E-state index is 12.8. The third-order valence-corrected chi connectivity index (χ3v) is 5.48. The Balaban J connectivity index is 2.40. The van der Waals surface area contributed by atoms with Gasteiger partial charge in [-0.2, -0.15) is 4.31 Å². The summed E-state index contributed by atoms with van der Waals surface area (Å²) < 4.78 is 32.4. The van der Waals surface area contributed by atoms with E-state index in [9.17, 15) is 8.42 Å². The van der Waals surface area contributed by atoms with Gasteiger partial charge in [0.15, 0.2) is 0 Å². The number of morpholine rings is 1. The van der Waals surface area contributed by atoms with Crippen LogP contribution in [0.25, 0.3) is 0 Å². The van der Waals surface area contributed by atoms with Crippen molar-refractivity contribution in [2.24, 2.45) is 5.73 Å². The van der Waals surface area contributed by atoms with E-state index in [2.05, 4.69) is 0 Å². The van der Waals surface area contributed by atoms with E-state index in [-0.39, 0.29) is 12.6 Å². The Bertz CT molecular complexity index is 530. The van der Waals surface area contributed by atoms with E-state index in [1.165, 1.54) is 0 Å². The van der Waals surface area contributed by atoms with Crippen LogP contribution in [-0.2, 0) is 21.3 Å². The summed E-state index contributed by atoms with van der Waals surface area (Å²) >= 11 is 0. The van der Waals surface area contributed by atoms with Crippen molar-refractivity contribution < 1.29 is 13.2 Å². The zero-order valence-electron chi connectivity index (χ0n) is 11.1. The van der Waals surface area contributed by atoms with Crippen LogP contribution in [-0.4, -0.2) is 38.5 Å². The van der Waals surface area contributed by atoms with Gasteiger partial charge in [0.25, 0.3) is 0 Å². The molecule has 1 saturated heterocycles. The molecule has 1 atom stereocenters. The van der Waals surface area contributed by atoms with Gasteiger partial charge < -0.3 is 10.5 Å². The Morgan fingerprint density at radius 1 is 1.42 bits per heavy atom. The highest BCUT2D eigenvalue weighted by molar-refractivity contribution is 7.89. The van der Waals surface area contributed by atoms with E-state index in [0.29, 0.717) is 30.2 Å². The van der Waals surface area contributed by atoms with Gasteiger partial charge in [-0.3, -0.25) is 0 Å². The van der Waals surface area contributed by atoms with Crippen LogP contribution in [0.1, 0.15) is 18.9 Å². The third kappa shape index (κ3) is 2.81. The van der Waals surface area contributed by atoms with Crippen molar-refractivity contribution in [1.29, 1.82) is 0 Å². The minimum absolute atomic E-state index is 0.0930. The zero-order valence-corrected chi connectivity index (χ0v) is 11.9. The molecule has 2 N–H and O–H groups in total. The Labute approximate surface area is 114 Å². The number of ether oxygens (including phenoxy) is 1. The molecule has 0 amide bonds. The van der Waals surface area contributed by atoms with E-state index in [1.807, 2.05) is 6.92 Å². The lowest BCUT2D eigenvalue weighted by molar-refractivity contribution is 0.0314. The van der Waals surface area contributed by atoms with Gasteiger partial charge in [0.2, 0.25) is 10.0 Å². The van der Waals surface area contributed by atoms with E-state index < -0.39 is 10.0 Å². The first-order valence-corrected chi connectivity index (χ1v) is 7.92. The molecule has 6 heteroatoms. The molecule has 0 saturated carbocycles.